The van der Waals surface area contributed by atoms with Gasteiger partial charge in [0.05, 0.1) is 16.3 Å². The lowest BCUT2D eigenvalue weighted by molar-refractivity contribution is 0.598. The van der Waals surface area contributed by atoms with Crippen LogP contribution in [0.25, 0.3) is 0 Å². The van der Waals surface area contributed by atoms with Crippen LogP contribution in [0.1, 0.15) is 13.8 Å². The Morgan fingerprint density at radius 3 is 2.25 bits per heavy atom. The molecule has 0 bridgehead atoms. The summed E-state index contributed by atoms with van der Waals surface area (Å²) in [6.07, 6.45) is 0. The molecule has 0 saturated heterocycles. The summed E-state index contributed by atoms with van der Waals surface area (Å²) in [6, 6.07) is 4.78. The Balaban J connectivity index is 3.20. The molecule has 0 unspecified atom stereocenters. The Bertz CT molecular complexity index is 483. The Labute approximate surface area is 96.1 Å². The van der Waals surface area contributed by atoms with Crippen LogP contribution in [-0.4, -0.2) is 21.5 Å². The summed E-state index contributed by atoms with van der Waals surface area (Å²) in [6.45, 7) is 4.04. The summed E-state index contributed by atoms with van der Waals surface area (Å²) in [5, 5.41) is 5.01. The van der Waals surface area contributed by atoms with Crippen LogP contribution >= 0.6 is 0 Å². The Morgan fingerprint density at radius 1 is 1.31 bits per heavy atom. The average molecular weight is 243 g/mol. The van der Waals surface area contributed by atoms with Crippen molar-refractivity contribution in [2.24, 2.45) is 5.14 Å². The number of hydrogen-bond acceptors (Lipinski definition) is 4. The fraction of sp³-hybridized carbons (Fsp3) is 0.400. The zero-order chi connectivity index (χ0) is 12.5. The molecule has 0 aliphatic rings. The van der Waals surface area contributed by atoms with E-state index in [1.54, 1.807) is 6.07 Å². The second-order valence-corrected chi connectivity index (χ2v) is 5.53. The lowest BCUT2D eigenvalue weighted by atomic mass is 10.2. The number of hydrogen-bond donors (Lipinski definition) is 2. The van der Waals surface area contributed by atoms with Crippen molar-refractivity contribution in [3.05, 3.63) is 18.2 Å². The van der Waals surface area contributed by atoms with Crippen molar-refractivity contribution in [1.29, 1.82) is 0 Å². The number of nitrogens with two attached hydrogens (primary N) is 2. The number of rotatable bonds is 3. The van der Waals surface area contributed by atoms with Crippen molar-refractivity contribution < 1.29 is 8.42 Å². The van der Waals surface area contributed by atoms with E-state index in [0.717, 1.165) is 5.69 Å². The molecule has 5 nitrogen and oxygen atoms in total. The van der Waals surface area contributed by atoms with Crippen LogP contribution in [0, 0.1) is 0 Å². The molecule has 1 rings (SSSR count). The third-order valence-electron chi connectivity index (χ3n) is 2.48. The minimum atomic E-state index is -3.69. The van der Waals surface area contributed by atoms with Gasteiger partial charge in [-0.1, -0.05) is 0 Å². The normalized spacial score (nSPS) is 11.8. The molecular weight excluding hydrogens is 226 g/mol. The van der Waals surface area contributed by atoms with Gasteiger partial charge in [0, 0.05) is 13.1 Å². The molecule has 0 fully saturated rings. The number of benzene rings is 1. The summed E-state index contributed by atoms with van der Waals surface area (Å²) >= 11 is 0. The number of primary sulfonamides is 1. The van der Waals surface area contributed by atoms with Crippen LogP contribution in [0.5, 0.6) is 0 Å². The fourth-order valence-corrected chi connectivity index (χ4v) is 1.86. The van der Waals surface area contributed by atoms with E-state index in [4.69, 9.17) is 10.9 Å². The Morgan fingerprint density at radius 2 is 1.88 bits per heavy atom. The predicted molar refractivity (Wildman–Crippen MR) is 65.8 cm³/mol. The van der Waals surface area contributed by atoms with Gasteiger partial charge in [-0.25, -0.2) is 13.6 Å². The van der Waals surface area contributed by atoms with E-state index < -0.39 is 10.0 Å². The molecule has 0 aromatic heterocycles. The predicted octanol–water partition coefficient (Wildman–Crippen LogP) is 0.761. The van der Waals surface area contributed by atoms with E-state index >= 15 is 0 Å². The maximum absolute atomic E-state index is 11.1. The number of nitrogen functional groups attached to an aromatic ring is 1. The standard InChI is InChI=1S/C10H17N3O2S/c1-7(2)13(3)10-5-4-8(6-9(10)11)16(12,14)15/h4-7H,11H2,1-3H3,(H2,12,14,15). The largest absolute Gasteiger partial charge is 0.397 e. The molecule has 16 heavy (non-hydrogen) atoms. The number of nitrogens with zero attached hydrogens (tertiary/aromatic N) is 1. The van der Waals surface area contributed by atoms with Crippen LogP contribution < -0.4 is 15.8 Å². The van der Waals surface area contributed by atoms with E-state index in [0.29, 0.717) is 5.69 Å². The van der Waals surface area contributed by atoms with Crippen LogP contribution in [0.4, 0.5) is 11.4 Å². The quantitative estimate of drug-likeness (QED) is 0.767. The first-order chi connectivity index (χ1) is 7.23. The molecule has 1 aromatic carbocycles. The molecule has 90 valence electrons. The van der Waals surface area contributed by atoms with Crippen molar-refractivity contribution >= 4 is 21.4 Å². The van der Waals surface area contributed by atoms with Crippen molar-refractivity contribution in [2.75, 3.05) is 17.7 Å². The van der Waals surface area contributed by atoms with E-state index in [-0.39, 0.29) is 10.9 Å². The minimum Gasteiger partial charge on any atom is -0.397 e. The van der Waals surface area contributed by atoms with Crippen LogP contribution in [0.3, 0.4) is 0 Å². The first-order valence-corrected chi connectivity index (χ1v) is 6.43. The summed E-state index contributed by atoms with van der Waals surface area (Å²) in [5.74, 6) is 0. The second kappa shape index (κ2) is 4.31. The molecule has 4 N–H and O–H groups in total. The Kier molecular flexibility index (Phi) is 3.44. The lowest BCUT2D eigenvalue weighted by Crippen LogP contribution is -2.26. The molecule has 0 aliphatic carbocycles. The highest BCUT2D eigenvalue weighted by atomic mass is 32.2. The third kappa shape index (κ3) is 2.65. The molecule has 0 heterocycles. The molecule has 0 aliphatic heterocycles. The maximum atomic E-state index is 11.1. The molecule has 0 spiro atoms. The SMILES string of the molecule is CC(C)N(C)c1ccc(S(N)(=O)=O)cc1N. The highest BCUT2D eigenvalue weighted by Crippen LogP contribution is 2.26. The van der Waals surface area contributed by atoms with Gasteiger partial charge in [0.25, 0.3) is 0 Å². The molecule has 0 saturated carbocycles. The fourth-order valence-electron chi connectivity index (χ4n) is 1.31. The molecular formula is C10H17N3O2S. The summed E-state index contributed by atoms with van der Waals surface area (Å²) in [4.78, 5) is 1.99. The van der Waals surface area contributed by atoms with Crippen molar-refractivity contribution in [2.45, 2.75) is 24.8 Å². The second-order valence-electron chi connectivity index (χ2n) is 3.97. The molecule has 1 aromatic rings. The summed E-state index contributed by atoms with van der Waals surface area (Å²) < 4.78 is 22.2. The van der Waals surface area contributed by atoms with Crippen LogP contribution in [0.15, 0.2) is 23.1 Å². The van der Waals surface area contributed by atoms with E-state index in [9.17, 15) is 8.42 Å². The highest BCUT2D eigenvalue weighted by molar-refractivity contribution is 7.89. The van der Waals surface area contributed by atoms with Crippen LogP contribution in [-0.2, 0) is 10.0 Å². The summed E-state index contributed by atoms with van der Waals surface area (Å²) in [5.41, 5.74) is 6.99. The van der Waals surface area contributed by atoms with Crippen LogP contribution in [0.2, 0.25) is 0 Å². The molecule has 0 amide bonds. The zero-order valence-electron chi connectivity index (χ0n) is 9.64. The van der Waals surface area contributed by atoms with E-state index in [2.05, 4.69) is 0 Å². The molecule has 0 atom stereocenters. The van der Waals surface area contributed by atoms with Gasteiger partial charge in [-0.3, -0.25) is 0 Å². The van der Waals surface area contributed by atoms with Gasteiger partial charge in [0.2, 0.25) is 10.0 Å². The third-order valence-corrected chi connectivity index (χ3v) is 3.39. The maximum Gasteiger partial charge on any atom is 0.238 e. The van der Waals surface area contributed by atoms with E-state index in [1.807, 2.05) is 25.8 Å². The van der Waals surface area contributed by atoms with Gasteiger partial charge in [0.15, 0.2) is 0 Å². The summed E-state index contributed by atoms with van der Waals surface area (Å²) in [7, 11) is -1.79. The van der Waals surface area contributed by atoms with Crippen molar-refractivity contribution in [3.8, 4) is 0 Å². The first kappa shape index (κ1) is 12.8. The Hall–Kier alpha value is -1.27. The number of anilines is 2. The van der Waals surface area contributed by atoms with Gasteiger partial charge in [-0.2, -0.15) is 0 Å². The molecule has 0 radical (unpaired) electrons. The van der Waals surface area contributed by atoms with Gasteiger partial charge in [-0.15, -0.1) is 0 Å². The van der Waals surface area contributed by atoms with E-state index in [1.165, 1.54) is 12.1 Å². The van der Waals surface area contributed by atoms with Gasteiger partial charge in [-0.05, 0) is 32.0 Å². The first-order valence-electron chi connectivity index (χ1n) is 4.88. The zero-order valence-corrected chi connectivity index (χ0v) is 10.5. The number of sulfonamides is 1. The van der Waals surface area contributed by atoms with Gasteiger partial charge < -0.3 is 10.6 Å². The average Bonchev–Trinajstić information content (AvgIpc) is 2.15. The van der Waals surface area contributed by atoms with Crippen molar-refractivity contribution in [1.82, 2.24) is 0 Å². The minimum absolute atomic E-state index is 0.0332. The topological polar surface area (TPSA) is 89.4 Å². The highest BCUT2D eigenvalue weighted by Gasteiger charge is 2.13. The lowest BCUT2D eigenvalue weighted by Gasteiger charge is -2.25. The smallest absolute Gasteiger partial charge is 0.238 e. The monoisotopic (exact) mass is 243 g/mol. The van der Waals surface area contributed by atoms with Crippen molar-refractivity contribution in [3.63, 3.8) is 0 Å². The van der Waals surface area contributed by atoms with Gasteiger partial charge >= 0.3 is 0 Å². The van der Waals surface area contributed by atoms with Gasteiger partial charge in [0.1, 0.15) is 0 Å². The molecule has 6 heteroatoms.